The van der Waals surface area contributed by atoms with Gasteiger partial charge in [-0.2, -0.15) is 0 Å². The minimum atomic E-state index is 0.512. The summed E-state index contributed by atoms with van der Waals surface area (Å²) in [6.45, 7) is 0. The highest BCUT2D eigenvalue weighted by molar-refractivity contribution is 7.13. The van der Waals surface area contributed by atoms with E-state index in [4.69, 9.17) is 9.26 Å². The minimum absolute atomic E-state index is 0.512. The summed E-state index contributed by atoms with van der Waals surface area (Å²) in [5, 5.41) is 5.69. The first-order chi connectivity index (χ1) is 5.90. The van der Waals surface area contributed by atoms with E-state index in [1.165, 1.54) is 0 Å². The van der Waals surface area contributed by atoms with E-state index in [1.807, 2.05) is 17.5 Å². The molecule has 0 aliphatic rings. The number of methoxy groups -OCH3 is 1. The van der Waals surface area contributed by atoms with Crippen molar-refractivity contribution < 1.29 is 9.26 Å². The number of hydrogen-bond donors (Lipinski definition) is 0. The van der Waals surface area contributed by atoms with Gasteiger partial charge in [-0.25, -0.2) is 0 Å². The Morgan fingerprint density at radius 3 is 3.08 bits per heavy atom. The Balaban J connectivity index is 2.35. The fourth-order valence-corrected chi connectivity index (χ4v) is 1.56. The lowest BCUT2D eigenvalue weighted by atomic mass is 10.4. The normalized spacial score (nSPS) is 10.1. The van der Waals surface area contributed by atoms with Gasteiger partial charge in [-0.3, -0.25) is 0 Å². The first kappa shape index (κ1) is 7.36. The molecule has 2 heterocycles. The van der Waals surface area contributed by atoms with E-state index in [9.17, 15) is 0 Å². The molecule has 0 aliphatic carbocycles. The maximum atomic E-state index is 5.04. The molecular formula is C8H7NO2S. The van der Waals surface area contributed by atoms with E-state index in [2.05, 4.69) is 5.16 Å². The van der Waals surface area contributed by atoms with Crippen LogP contribution in [0.25, 0.3) is 10.6 Å². The Morgan fingerprint density at radius 2 is 2.50 bits per heavy atom. The summed E-state index contributed by atoms with van der Waals surface area (Å²) in [5.41, 5.74) is 0. The summed E-state index contributed by atoms with van der Waals surface area (Å²) in [6, 6.07) is 5.71. The first-order valence-corrected chi connectivity index (χ1v) is 4.32. The second-order valence-electron chi connectivity index (χ2n) is 2.21. The zero-order valence-corrected chi connectivity index (χ0v) is 7.30. The van der Waals surface area contributed by atoms with Crippen LogP contribution in [0.5, 0.6) is 5.88 Å². The summed E-state index contributed by atoms with van der Waals surface area (Å²) in [6.07, 6.45) is 0. The average molecular weight is 181 g/mol. The van der Waals surface area contributed by atoms with Crippen molar-refractivity contribution in [2.45, 2.75) is 0 Å². The first-order valence-electron chi connectivity index (χ1n) is 3.45. The van der Waals surface area contributed by atoms with E-state index in [1.54, 1.807) is 24.5 Å². The van der Waals surface area contributed by atoms with Gasteiger partial charge in [0.05, 0.1) is 18.1 Å². The molecule has 0 N–H and O–H groups in total. The van der Waals surface area contributed by atoms with Gasteiger partial charge in [0, 0.05) is 0 Å². The summed E-state index contributed by atoms with van der Waals surface area (Å²) in [5.74, 6) is 1.26. The van der Waals surface area contributed by atoms with Crippen molar-refractivity contribution in [1.82, 2.24) is 5.16 Å². The van der Waals surface area contributed by atoms with Crippen LogP contribution in [-0.4, -0.2) is 12.3 Å². The van der Waals surface area contributed by atoms with Gasteiger partial charge in [0.15, 0.2) is 5.76 Å². The van der Waals surface area contributed by atoms with Crippen LogP contribution >= 0.6 is 11.3 Å². The molecule has 0 aliphatic heterocycles. The lowest BCUT2D eigenvalue weighted by Gasteiger charge is -1.84. The Kier molecular flexibility index (Phi) is 1.83. The Morgan fingerprint density at radius 1 is 1.58 bits per heavy atom. The van der Waals surface area contributed by atoms with E-state index < -0.39 is 0 Å². The molecule has 0 radical (unpaired) electrons. The Bertz CT molecular complexity index is 353. The standard InChI is InChI=1S/C8H7NO2S/c1-10-8-5-6(11-9-8)7-3-2-4-12-7/h2-5H,1H3. The molecule has 12 heavy (non-hydrogen) atoms. The summed E-state index contributed by atoms with van der Waals surface area (Å²) in [4.78, 5) is 1.06. The van der Waals surface area contributed by atoms with Crippen molar-refractivity contribution in [3.8, 4) is 16.5 Å². The highest BCUT2D eigenvalue weighted by Crippen LogP contribution is 2.27. The Hall–Kier alpha value is -1.29. The molecule has 0 aromatic carbocycles. The lowest BCUT2D eigenvalue weighted by molar-refractivity contribution is 0.343. The van der Waals surface area contributed by atoms with E-state index in [-0.39, 0.29) is 0 Å². The van der Waals surface area contributed by atoms with Crippen molar-refractivity contribution in [3.63, 3.8) is 0 Å². The molecule has 3 nitrogen and oxygen atoms in total. The molecule has 2 aromatic heterocycles. The predicted octanol–water partition coefficient (Wildman–Crippen LogP) is 2.41. The molecule has 4 heteroatoms. The Labute approximate surface area is 73.6 Å². The molecule has 0 saturated heterocycles. The van der Waals surface area contributed by atoms with E-state index in [0.29, 0.717) is 5.88 Å². The van der Waals surface area contributed by atoms with Gasteiger partial charge >= 0.3 is 0 Å². The highest BCUT2D eigenvalue weighted by atomic mass is 32.1. The van der Waals surface area contributed by atoms with E-state index in [0.717, 1.165) is 10.6 Å². The van der Waals surface area contributed by atoms with Gasteiger partial charge in [0.1, 0.15) is 0 Å². The van der Waals surface area contributed by atoms with Gasteiger partial charge in [-0.1, -0.05) is 6.07 Å². The molecule has 0 atom stereocenters. The SMILES string of the molecule is COc1cc(-c2cccs2)on1. The lowest BCUT2D eigenvalue weighted by Crippen LogP contribution is -1.78. The molecule has 0 amide bonds. The van der Waals surface area contributed by atoms with Crippen LogP contribution < -0.4 is 4.74 Å². The zero-order valence-electron chi connectivity index (χ0n) is 6.48. The van der Waals surface area contributed by atoms with Gasteiger partial charge in [-0.15, -0.1) is 11.3 Å². The number of rotatable bonds is 2. The molecule has 0 spiro atoms. The maximum absolute atomic E-state index is 5.04. The van der Waals surface area contributed by atoms with Gasteiger partial charge in [-0.05, 0) is 16.6 Å². The van der Waals surface area contributed by atoms with Gasteiger partial charge in [0.25, 0.3) is 5.88 Å². The van der Waals surface area contributed by atoms with Crippen molar-refractivity contribution >= 4 is 11.3 Å². The van der Waals surface area contributed by atoms with Crippen LogP contribution in [-0.2, 0) is 0 Å². The van der Waals surface area contributed by atoms with Gasteiger partial charge < -0.3 is 9.26 Å². The third-order valence-electron chi connectivity index (χ3n) is 1.46. The largest absolute Gasteiger partial charge is 0.479 e. The fraction of sp³-hybridized carbons (Fsp3) is 0.125. The number of hydrogen-bond acceptors (Lipinski definition) is 4. The third kappa shape index (κ3) is 1.21. The van der Waals surface area contributed by atoms with Crippen LogP contribution in [0.2, 0.25) is 0 Å². The predicted molar refractivity (Wildman–Crippen MR) is 46.4 cm³/mol. The number of nitrogens with zero attached hydrogens (tertiary/aromatic N) is 1. The average Bonchev–Trinajstić information content (AvgIpc) is 2.75. The van der Waals surface area contributed by atoms with Crippen LogP contribution in [0.1, 0.15) is 0 Å². The third-order valence-corrected chi connectivity index (χ3v) is 2.35. The molecule has 0 unspecified atom stereocenters. The minimum Gasteiger partial charge on any atom is -0.479 e. The van der Waals surface area contributed by atoms with Crippen molar-refractivity contribution in [2.24, 2.45) is 0 Å². The van der Waals surface area contributed by atoms with Crippen molar-refractivity contribution in [3.05, 3.63) is 23.6 Å². The molecule has 2 aromatic rings. The summed E-state index contributed by atoms with van der Waals surface area (Å²) >= 11 is 1.61. The summed E-state index contributed by atoms with van der Waals surface area (Å²) in [7, 11) is 1.57. The number of aromatic nitrogens is 1. The monoisotopic (exact) mass is 181 g/mol. The van der Waals surface area contributed by atoms with Crippen LogP contribution in [0.3, 0.4) is 0 Å². The highest BCUT2D eigenvalue weighted by Gasteiger charge is 2.06. The molecular weight excluding hydrogens is 174 g/mol. The quantitative estimate of drug-likeness (QED) is 0.713. The molecule has 62 valence electrons. The second-order valence-corrected chi connectivity index (χ2v) is 3.16. The number of thiophene rings is 1. The second kappa shape index (κ2) is 2.98. The molecule has 0 bridgehead atoms. The molecule has 0 fully saturated rings. The molecule has 0 saturated carbocycles. The maximum Gasteiger partial charge on any atom is 0.254 e. The summed E-state index contributed by atoms with van der Waals surface area (Å²) < 4.78 is 9.93. The van der Waals surface area contributed by atoms with Crippen LogP contribution in [0.15, 0.2) is 28.1 Å². The fourth-order valence-electron chi connectivity index (χ4n) is 0.890. The van der Waals surface area contributed by atoms with Gasteiger partial charge in [0.2, 0.25) is 0 Å². The zero-order chi connectivity index (χ0) is 8.39. The van der Waals surface area contributed by atoms with E-state index >= 15 is 0 Å². The van der Waals surface area contributed by atoms with Crippen molar-refractivity contribution in [2.75, 3.05) is 7.11 Å². The topological polar surface area (TPSA) is 35.3 Å². The smallest absolute Gasteiger partial charge is 0.254 e. The molecule has 2 rings (SSSR count). The van der Waals surface area contributed by atoms with Crippen LogP contribution in [0, 0.1) is 0 Å². The van der Waals surface area contributed by atoms with Crippen molar-refractivity contribution in [1.29, 1.82) is 0 Å². The van der Waals surface area contributed by atoms with Crippen LogP contribution in [0.4, 0.5) is 0 Å². The number of ether oxygens (including phenoxy) is 1.